The van der Waals surface area contributed by atoms with Gasteiger partial charge in [0.25, 0.3) is 11.8 Å². The smallest absolute Gasteiger partial charge is 0.349 e. The van der Waals surface area contributed by atoms with Gasteiger partial charge in [-0.1, -0.05) is 23.8 Å². The number of fused-ring (bicyclic) bond motifs is 1. The van der Waals surface area contributed by atoms with E-state index in [1.165, 1.54) is 18.2 Å². The van der Waals surface area contributed by atoms with E-state index in [0.717, 1.165) is 11.1 Å². The molecule has 3 aromatic rings. The standard InChI is InChI=1S/C19H16N2O5/c1-11-2-7-16-14(8-11)9-15(19(24)26-16)18(23)20-10-12-3-5-13(6-4-12)17(22)21-25/h2-9,25H,10H2,1H3,(H,20,23)(H,21,22). The maximum absolute atomic E-state index is 12.3. The second kappa shape index (κ2) is 7.20. The highest BCUT2D eigenvalue weighted by molar-refractivity contribution is 5.96. The molecule has 3 rings (SSSR count). The first-order chi connectivity index (χ1) is 12.5. The van der Waals surface area contributed by atoms with E-state index in [1.807, 2.05) is 19.1 Å². The van der Waals surface area contributed by atoms with E-state index in [-0.39, 0.29) is 17.7 Å². The predicted octanol–water partition coefficient (Wildman–Crippen LogP) is 2.15. The fourth-order valence-corrected chi connectivity index (χ4v) is 2.52. The molecular formula is C19H16N2O5. The lowest BCUT2D eigenvalue weighted by Gasteiger charge is -2.06. The summed E-state index contributed by atoms with van der Waals surface area (Å²) in [4.78, 5) is 35.6. The molecule has 0 aliphatic rings. The summed E-state index contributed by atoms with van der Waals surface area (Å²) in [6, 6.07) is 13.2. The molecule has 0 bridgehead atoms. The lowest BCUT2D eigenvalue weighted by atomic mass is 10.1. The Morgan fingerprint density at radius 2 is 1.77 bits per heavy atom. The molecule has 0 atom stereocenters. The molecule has 1 aromatic heterocycles. The summed E-state index contributed by atoms with van der Waals surface area (Å²) in [7, 11) is 0. The first-order valence-corrected chi connectivity index (χ1v) is 7.84. The van der Waals surface area contributed by atoms with E-state index in [1.54, 1.807) is 23.7 Å². The van der Waals surface area contributed by atoms with Crippen LogP contribution in [0.1, 0.15) is 31.8 Å². The zero-order valence-corrected chi connectivity index (χ0v) is 13.9. The zero-order valence-electron chi connectivity index (χ0n) is 13.9. The molecule has 1 heterocycles. The molecule has 3 N–H and O–H groups in total. The minimum atomic E-state index is -0.700. The van der Waals surface area contributed by atoms with Gasteiger partial charge in [0.15, 0.2) is 0 Å². The Kier molecular flexibility index (Phi) is 4.81. The average Bonchev–Trinajstić information content (AvgIpc) is 2.65. The topological polar surface area (TPSA) is 109 Å². The van der Waals surface area contributed by atoms with Crippen molar-refractivity contribution in [2.75, 3.05) is 0 Å². The maximum atomic E-state index is 12.3. The molecule has 0 aliphatic carbocycles. The minimum absolute atomic E-state index is 0.0700. The van der Waals surface area contributed by atoms with Gasteiger partial charge in [-0.3, -0.25) is 14.8 Å². The third kappa shape index (κ3) is 3.62. The monoisotopic (exact) mass is 352 g/mol. The van der Waals surface area contributed by atoms with Crippen LogP contribution in [0.4, 0.5) is 0 Å². The van der Waals surface area contributed by atoms with E-state index in [9.17, 15) is 14.4 Å². The Labute approximate surface area is 148 Å². The van der Waals surface area contributed by atoms with Gasteiger partial charge in [0, 0.05) is 17.5 Å². The van der Waals surface area contributed by atoms with Gasteiger partial charge in [-0.25, -0.2) is 10.3 Å². The molecule has 0 fully saturated rings. The van der Waals surface area contributed by atoms with Gasteiger partial charge in [0.05, 0.1) is 0 Å². The van der Waals surface area contributed by atoms with Crippen LogP contribution in [0.15, 0.2) is 57.7 Å². The molecule has 26 heavy (non-hydrogen) atoms. The highest BCUT2D eigenvalue weighted by Crippen LogP contribution is 2.15. The van der Waals surface area contributed by atoms with Crippen LogP contribution in [0.5, 0.6) is 0 Å². The van der Waals surface area contributed by atoms with Crippen LogP contribution < -0.4 is 16.4 Å². The van der Waals surface area contributed by atoms with Crippen LogP contribution in [0.3, 0.4) is 0 Å². The van der Waals surface area contributed by atoms with Crippen molar-refractivity contribution < 1.29 is 19.2 Å². The lowest BCUT2D eigenvalue weighted by molar-refractivity contribution is 0.0706. The molecule has 7 nitrogen and oxygen atoms in total. The van der Waals surface area contributed by atoms with Crippen molar-refractivity contribution in [2.24, 2.45) is 0 Å². The Morgan fingerprint density at radius 1 is 1.04 bits per heavy atom. The molecule has 0 aliphatic heterocycles. The van der Waals surface area contributed by atoms with Crippen molar-refractivity contribution in [3.8, 4) is 0 Å². The fraction of sp³-hybridized carbons (Fsp3) is 0.105. The summed E-state index contributed by atoms with van der Waals surface area (Å²) in [5.74, 6) is -1.16. The van der Waals surface area contributed by atoms with Crippen molar-refractivity contribution in [1.82, 2.24) is 10.8 Å². The number of nitrogens with one attached hydrogen (secondary N) is 2. The van der Waals surface area contributed by atoms with Crippen LogP contribution in [0.2, 0.25) is 0 Å². The van der Waals surface area contributed by atoms with E-state index < -0.39 is 17.4 Å². The third-order valence-corrected chi connectivity index (χ3v) is 3.90. The number of carbonyl (C=O) groups is 2. The van der Waals surface area contributed by atoms with Crippen LogP contribution in [0.25, 0.3) is 11.0 Å². The lowest BCUT2D eigenvalue weighted by Crippen LogP contribution is -2.27. The molecule has 0 spiro atoms. The van der Waals surface area contributed by atoms with Gasteiger partial charge in [0.1, 0.15) is 11.1 Å². The quantitative estimate of drug-likeness (QED) is 0.379. The van der Waals surface area contributed by atoms with E-state index in [4.69, 9.17) is 9.62 Å². The number of aryl methyl sites for hydroxylation is 1. The number of hydrogen-bond donors (Lipinski definition) is 3. The molecule has 2 aromatic carbocycles. The summed E-state index contributed by atoms with van der Waals surface area (Å²) in [6.45, 7) is 2.08. The largest absolute Gasteiger partial charge is 0.422 e. The Bertz CT molecular complexity index is 1040. The first-order valence-electron chi connectivity index (χ1n) is 7.84. The number of hydroxylamine groups is 1. The second-order valence-corrected chi connectivity index (χ2v) is 5.81. The summed E-state index contributed by atoms with van der Waals surface area (Å²) in [5.41, 5.74) is 3.21. The Balaban J connectivity index is 1.76. The molecule has 132 valence electrons. The number of benzene rings is 2. The van der Waals surface area contributed by atoms with Crippen LogP contribution in [-0.4, -0.2) is 17.0 Å². The molecule has 0 unspecified atom stereocenters. The number of amides is 2. The van der Waals surface area contributed by atoms with E-state index in [2.05, 4.69) is 5.32 Å². The van der Waals surface area contributed by atoms with Gasteiger partial charge in [-0.2, -0.15) is 0 Å². The van der Waals surface area contributed by atoms with Crippen LogP contribution in [-0.2, 0) is 6.54 Å². The molecule has 0 radical (unpaired) electrons. The molecule has 2 amide bonds. The molecular weight excluding hydrogens is 336 g/mol. The Morgan fingerprint density at radius 3 is 2.46 bits per heavy atom. The van der Waals surface area contributed by atoms with Crippen molar-refractivity contribution in [2.45, 2.75) is 13.5 Å². The van der Waals surface area contributed by atoms with Crippen molar-refractivity contribution in [1.29, 1.82) is 0 Å². The molecule has 7 heteroatoms. The van der Waals surface area contributed by atoms with E-state index in [0.29, 0.717) is 11.0 Å². The normalized spacial score (nSPS) is 10.5. The minimum Gasteiger partial charge on any atom is -0.422 e. The number of hydrogen-bond acceptors (Lipinski definition) is 5. The predicted molar refractivity (Wildman–Crippen MR) is 94.1 cm³/mol. The van der Waals surface area contributed by atoms with Crippen molar-refractivity contribution in [3.05, 3.63) is 81.2 Å². The SMILES string of the molecule is Cc1ccc2oc(=O)c(C(=O)NCc3ccc(C(=O)NO)cc3)cc2c1. The van der Waals surface area contributed by atoms with Gasteiger partial charge < -0.3 is 9.73 Å². The van der Waals surface area contributed by atoms with Gasteiger partial charge in [-0.05, 0) is 42.8 Å². The van der Waals surface area contributed by atoms with Crippen molar-refractivity contribution in [3.63, 3.8) is 0 Å². The number of rotatable bonds is 4. The van der Waals surface area contributed by atoms with Gasteiger partial charge in [0.2, 0.25) is 0 Å². The summed E-state index contributed by atoms with van der Waals surface area (Å²) < 4.78 is 5.19. The number of carbonyl (C=O) groups excluding carboxylic acids is 2. The van der Waals surface area contributed by atoms with Gasteiger partial charge >= 0.3 is 5.63 Å². The Hall–Kier alpha value is -3.45. The second-order valence-electron chi connectivity index (χ2n) is 5.81. The summed E-state index contributed by atoms with van der Waals surface area (Å²) in [6.07, 6.45) is 0. The average molecular weight is 352 g/mol. The maximum Gasteiger partial charge on any atom is 0.349 e. The fourth-order valence-electron chi connectivity index (χ4n) is 2.52. The van der Waals surface area contributed by atoms with E-state index >= 15 is 0 Å². The highest BCUT2D eigenvalue weighted by atomic mass is 16.5. The molecule has 0 saturated heterocycles. The summed E-state index contributed by atoms with van der Waals surface area (Å²) >= 11 is 0. The third-order valence-electron chi connectivity index (χ3n) is 3.90. The highest BCUT2D eigenvalue weighted by Gasteiger charge is 2.13. The van der Waals surface area contributed by atoms with Crippen LogP contribution in [0, 0.1) is 6.92 Å². The first kappa shape index (κ1) is 17.4. The zero-order chi connectivity index (χ0) is 18.7. The van der Waals surface area contributed by atoms with Gasteiger partial charge in [-0.15, -0.1) is 0 Å². The van der Waals surface area contributed by atoms with Crippen molar-refractivity contribution >= 4 is 22.8 Å². The molecule has 0 saturated carbocycles. The summed E-state index contributed by atoms with van der Waals surface area (Å²) in [5, 5.41) is 11.9. The van der Waals surface area contributed by atoms with Crippen LogP contribution >= 0.6 is 0 Å².